The third kappa shape index (κ3) is 2.74. The van der Waals surface area contributed by atoms with E-state index in [0.29, 0.717) is 27.5 Å². The third-order valence-electron chi connectivity index (χ3n) is 3.99. The number of rotatable bonds is 3. The van der Waals surface area contributed by atoms with E-state index in [1.807, 2.05) is 0 Å². The summed E-state index contributed by atoms with van der Waals surface area (Å²) < 4.78 is 26.5. The van der Waals surface area contributed by atoms with Gasteiger partial charge >= 0.3 is 0 Å². The molecule has 0 saturated heterocycles. The Kier molecular flexibility index (Phi) is 3.96. The van der Waals surface area contributed by atoms with E-state index in [9.17, 15) is 13.9 Å². The van der Waals surface area contributed by atoms with Crippen LogP contribution in [0.4, 0.5) is 14.5 Å². The van der Waals surface area contributed by atoms with Crippen molar-refractivity contribution in [2.45, 2.75) is 0 Å². The Balaban J connectivity index is 1.66. The van der Waals surface area contributed by atoms with Gasteiger partial charge in [-0.3, -0.25) is 10.4 Å². The molecule has 2 aromatic heterocycles. The van der Waals surface area contributed by atoms with E-state index in [1.165, 1.54) is 17.4 Å². The molecule has 0 amide bonds. The van der Waals surface area contributed by atoms with E-state index in [2.05, 4.69) is 9.97 Å². The second-order valence-electron chi connectivity index (χ2n) is 5.63. The number of nitrogens with zero attached hydrogens (tertiary/aromatic N) is 3. The van der Waals surface area contributed by atoms with Gasteiger partial charge in [0.25, 0.3) is 0 Å². The maximum Gasteiger partial charge on any atom is 0.159 e. The largest absolute Gasteiger partial charge is 0.510 e. The highest BCUT2D eigenvalue weighted by Gasteiger charge is 2.31. The van der Waals surface area contributed by atoms with Crippen molar-refractivity contribution in [3.63, 3.8) is 0 Å². The molecular weight excluding hydrogens is 358 g/mol. The molecule has 1 aromatic carbocycles. The van der Waals surface area contributed by atoms with Crippen LogP contribution in [0, 0.1) is 17.0 Å². The minimum Gasteiger partial charge on any atom is -0.510 e. The molecule has 1 aliphatic heterocycles. The van der Waals surface area contributed by atoms with Crippen LogP contribution in [0.15, 0.2) is 53.9 Å². The molecule has 0 bridgehead atoms. The SMILES string of the molecule is N=C1C(c2nc(-c3ccc(F)c(F)c3)cs2)=C(O)CN1c1cccnc1. The molecule has 0 atom stereocenters. The van der Waals surface area contributed by atoms with Gasteiger partial charge in [0.1, 0.15) is 16.6 Å². The zero-order chi connectivity index (χ0) is 18.3. The third-order valence-corrected chi connectivity index (χ3v) is 4.85. The van der Waals surface area contributed by atoms with E-state index >= 15 is 0 Å². The lowest BCUT2D eigenvalue weighted by Gasteiger charge is -2.17. The number of halogens is 2. The molecule has 3 aromatic rings. The smallest absolute Gasteiger partial charge is 0.159 e. The van der Waals surface area contributed by atoms with E-state index in [0.717, 1.165) is 12.1 Å². The standard InChI is InChI=1S/C18H12F2N4OS/c19-12-4-3-10(6-13(12)20)14-9-26-18(23-14)16-15(25)8-24(17(16)21)11-2-1-5-22-7-11/h1-7,9,21,25H,8H2. The first kappa shape index (κ1) is 16.3. The highest BCUT2D eigenvalue weighted by molar-refractivity contribution is 7.11. The molecule has 26 heavy (non-hydrogen) atoms. The van der Waals surface area contributed by atoms with Crippen LogP contribution in [-0.2, 0) is 0 Å². The molecule has 0 spiro atoms. The van der Waals surface area contributed by atoms with E-state index in [1.54, 1.807) is 34.8 Å². The van der Waals surface area contributed by atoms with Crippen LogP contribution in [0.1, 0.15) is 5.01 Å². The first-order chi connectivity index (χ1) is 12.5. The van der Waals surface area contributed by atoms with Crippen molar-refractivity contribution >= 4 is 28.4 Å². The van der Waals surface area contributed by atoms with Gasteiger partial charge in [-0.2, -0.15) is 0 Å². The molecule has 8 heteroatoms. The monoisotopic (exact) mass is 370 g/mol. The summed E-state index contributed by atoms with van der Waals surface area (Å²) in [5.74, 6) is -1.73. The van der Waals surface area contributed by atoms with Gasteiger partial charge in [-0.1, -0.05) is 0 Å². The van der Waals surface area contributed by atoms with Crippen LogP contribution < -0.4 is 4.90 Å². The Hall–Kier alpha value is -3.13. The number of pyridine rings is 1. The van der Waals surface area contributed by atoms with Gasteiger partial charge in [-0.05, 0) is 30.3 Å². The number of hydrogen-bond acceptors (Lipinski definition) is 5. The molecule has 3 heterocycles. The molecule has 130 valence electrons. The predicted octanol–water partition coefficient (Wildman–Crippen LogP) is 4.25. The zero-order valence-corrected chi connectivity index (χ0v) is 14.1. The number of aliphatic hydroxyl groups excluding tert-OH is 1. The highest BCUT2D eigenvalue weighted by Crippen LogP contribution is 2.34. The second kappa shape index (κ2) is 6.30. The minimum atomic E-state index is -0.949. The summed E-state index contributed by atoms with van der Waals surface area (Å²) in [5.41, 5.74) is 1.90. The van der Waals surface area contributed by atoms with Gasteiger partial charge in [0, 0.05) is 17.1 Å². The van der Waals surface area contributed by atoms with Crippen molar-refractivity contribution < 1.29 is 13.9 Å². The number of nitrogens with one attached hydrogen (secondary N) is 1. The van der Waals surface area contributed by atoms with Gasteiger partial charge in [-0.25, -0.2) is 13.8 Å². The fourth-order valence-electron chi connectivity index (χ4n) is 2.71. The summed E-state index contributed by atoms with van der Waals surface area (Å²) in [6, 6.07) is 7.11. The maximum absolute atomic E-state index is 13.4. The molecule has 2 N–H and O–H groups in total. The number of amidine groups is 1. The summed E-state index contributed by atoms with van der Waals surface area (Å²) in [6.07, 6.45) is 3.24. The minimum absolute atomic E-state index is 0.0324. The fraction of sp³-hybridized carbons (Fsp3) is 0.0556. The average molecular weight is 370 g/mol. The molecular formula is C18H12F2N4OS. The highest BCUT2D eigenvalue weighted by atomic mass is 32.1. The van der Waals surface area contributed by atoms with Crippen LogP contribution >= 0.6 is 11.3 Å². The lowest BCUT2D eigenvalue weighted by atomic mass is 10.1. The molecule has 4 rings (SSSR count). The maximum atomic E-state index is 13.4. The van der Waals surface area contributed by atoms with Crippen molar-refractivity contribution in [1.29, 1.82) is 5.41 Å². The summed E-state index contributed by atoms with van der Waals surface area (Å²) in [7, 11) is 0. The summed E-state index contributed by atoms with van der Waals surface area (Å²) >= 11 is 1.23. The van der Waals surface area contributed by atoms with Crippen LogP contribution in [0.3, 0.4) is 0 Å². The van der Waals surface area contributed by atoms with Crippen LogP contribution in [0.25, 0.3) is 16.8 Å². The quantitative estimate of drug-likeness (QED) is 0.723. The molecule has 0 fully saturated rings. The molecule has 0 unspecified atom stereocenters. The summed E-state index contributed by atoms with van der Waals surface area (Å²) in [5, 5.41) is 20.8. The van der Waals surface area contributed by atoms with Crippen LogP contribution in [-0.4, -0.2) is 27.5 Å². The normalized spacial score (nSPS) is 14.4. The number of aliphatic hydroxyl groups is 1. The number of hydrogen-bond donors (Lipinski definition) is 2. The topological polar surface area (TPSA) is 73.1 Å². The van der Waals surface area contributed by atoms with Gasteiger partial charge in [0.2, 0.25) is 0 Å². The van der Waals surface area contributed by atoms with Crippen molar-refractivity contribution in [1.82, 2.24) is 9.97 Å². The Bertz CT molecular complexity index is 1030. The molecule has 1 aliphatic rings. The number of thiazole rings is 1. The van der Waals surface area contributed by atoms with Crippen LogP contribution in [0.5, 0.6) is 0 Å². The predicted molar refractivity (Wildman–Crippen MR) is 96.3 cm³/mol. The second-order valence-corrected chi connectivity index (χ2v) is 6.49. The summed E-state index contributed by atoms with van der Waals surface area (Å²) in [4.78, 5) is 10.0. The van der Waals surface area contributed by atoms with E-state index in [-0.39, 0.29) is 18.1 Å². The molecule has 0 radical (unpaired) electrons. The summed E-state index contributed by atoms with van der Waals surface area (Å²) in [6.45, 7) is 0.153. The molecule has 0 saturated carbocycles. The Morgan fingerprint density at radius 1 is 1.19 bits per heavy atom. The van der Waals surface area contributed by atoms with Crippen LogP contribution in [0.2, 0.25) is 0 Å². The van der Waals surface area contributed by atoms with E-state index in [4.69, 9.17) is 5.41 Å². The van der Waals surface area contributed by atoms with E-state index < -0.39 is 11.6 Å². The number of aromatic nitrogens is 2. The fourth-order valence-corrected chi connectivity index (χ4v) is 3.61. The molecule has 0 aliphatic carbocycles. The van der Waals surface area contributed by atoms with Crippen molar-refractivity contribution in [2.75, 3.05) is 11.4 Å². The average Bonchev–Trinajstić information content (AvgIpc) is 3.22. The lowest BCUT2D eigenvalue weighted by molar-refractivity contribution is 0.411. The van der Waals surface area contributed by atoms with Gasteiger partial charge in [0.15, 0.2) is 11.6 Å². The van der Waals surface area contributed by atoms with Crippen molar-refractivity contribution in [3.8, 4) is 11.3 Å². The van der Waals surface area contributed by atoms with Gasteiger partial charge in [0.05, 0.1) is 29.7 Å². The number of benzene rings is 1. The lowest BCUT2D eigenvalue weighted by Crippen LogP contribution is -2.26. The Morgan fingerprint density at radius 2 is 2.04 bits per heavy atom. The Morgan fingerprint density at radius 3 is 2.77 bits per heavy atom. The first-order valence-corrected chi connectivity index (χ1v) is 8.52. The Labute approximate surface area is 151 Å². The van der Waals surface area contributed by atoms with Gasteiger partial charge in [-0.15, -0.1) is 11.3 Å². The molecule has 5 nitrogen and oxygen atoms in total. The van der Waals surface area contributed by atoms with Crippen molar-refractivity contribution in [3.05, 3.63) is 70.5 Å². The number of anilines is 1. The first-order valence-electron chi connectivity index (χ1n) is 7.64. The van der Waals surface area contributed by atoms with Crippen molar-refractivity contribution in [2.24, 2.45) is 0 Å². The van der Waals surface area contributed by atoms with Gasteiger partial charge < -0.3 is 10.0 Å². The zero-order valence-electron chi connectivity index (χ0n) is 13.3.